The number of nitrogens with one attached hydrogen (secondary N) is 1. The number of rotatable bonds is 5. The smallest absolute Gasteiger partial charge is 0.322 e. The van der Waals surface area contributed by atoms with E-state index in [4.69, 9.17) is 0 Å². The minimum atomic E-state index is -4.33. The number of nitrogens with zero attached hydrogens (tertiary/aromatic N) is 2. The van der Waals surface area contributed by atoms with Crippen LogP contribution in [0.2, 0.25) is 0 Å². The lowest BCUT2D eigenvalue weighted by Gasteiger charge is -2.10. The van der Waals surface area contributed by atoms with Gasteiger partial charge in [0.2, 0.25) is 0 Å². The maximum absolute atomic E-state index is 12.5. The van der Waals surface area contributed by atoms with Crippen molar-refractivity contribution in [1.29, 1.82) is 0 Å². The molecule has 10 heteroatoms. The van der Waals surface area contributed by atoms with Crippen LogP contribution >= 0.6 is 34.9 Å². The Morgan fingerprint density at radius 1 is 1.31 bits per heavy atom. The van der Waals surface area contributed by atoms with E-state index in [0.29, 0.717) is 17.4 Å². The monoisotopic (exact) mass is 415 g/mol. The van der Waals surface area contributed by atoms with Crippen LogP contribution in [-0.2, 0) is 0 Å². The number of carbonyl (C=O) groups excluding carboxylic acids is 1. The number of halogens is 3. The zero-order chi connectivity index (χ0) is 18.7. The summed E-state index contributed by atoms with van der Waals surface area (Å²) in [4.78, 5) is 20.8. The molecule has 1 amide bonds. The molecule has 0 unspecified atom stereocenters. The van der Waals surface area contributed by atoms with E-state index in [9.17, 15) is 18.0 Å². The van der Waals surface area contributed by atoms with E-state index < -0.39 is 17.8 Å². The van der Waals surface area contributed by atoms with Gasteiger partial charge >= 0.3 is 6.18 Å². The fourth-order valence-electron chi connectivity index (χ4n) is 2.10. The number of hydrogen-bond donors (Lipinski definition) is 1. The van der Waals surface area contributed by atoms with Crippen LogP contribution in [0.3, 0.4) is 0 Å². The Kier molecular flexibility index (Phi) is 5.73. The van der Waals surface area contributed by atoms with Crippen LogP contribution in [-0.4, -0.2) is 34.1 Å². The van der Waals surface area contributed by atoms with Crippen LogP contribution in [0, 0.1) is 0 Å². The molecule has 0 aliphatic heterocycles. The fraction of sp³-hybridized carbons (Fsp3) is 0.188. The van der Waals surface area contributed by atoms with Gasteiger partial charge in [-0.3, -0.25) is 4.79 Å². The molecule has 2 aromatic heterocycles. The Balaban J connectivity index is 1.79. The van der Waals surface area contributed by atoms with Crippen LogP contribution in [0.1, 0.15) is 10.4 Å². The van der Waals surface area contributed by atoms with E-state index in [1.54, 1.807) is 18.2 Å². The number of hydrogen-bond acceptors (Lipinski definition) is 6. The number of amides is 1. The molecular weight excluding hydrogens is 403 g/mol. The number of carbonyl (C=O) groups is 1. The molecule has 2 heterocycles. The van der Waals surface area contributed by atoms with E-state index in [-0.39, 0.29) is 10.6 Å². The fourth-order valence-corrected chi connectivity index (χ4v) is 4.38. The van der Waals surface area contributed by atoms with Crippen LogP contribution in [0.15, 0.2) is 45.9 Å². The number of pyridine rings is 1. The third-order valence-corrected chi connectivity index (χ3v) is 6.26. The van der Waals surface area contributed by atoms with Crippen LogP contribution in [0.5, 0.6) is 0 Å². The molecule has 3 rings (SSSR count). The number of thioether (sulfide) groups is 2. The highest BCUT2D eigenvalue weighted by molar-refractivity contribution is 8.00. The average Bonchev–Trinajstić information content (AvgIpc) is 3.02. The maximum atomic E-state index is 12.5. The first kappa shape index (κ1) is 19.0. The van der Waals surface area contributed by atoms with Crippen molar-refractivity contribution >= 4 is 56.7 Å². The first-order valence-corrected chi connectivity index (χ1v) is 10.3. The SMILES string of the molecule is CSc1nc2ccc(NC(=O)c3cccnc3SCC(F)(F)F)cc2s1. The van der Waals surface area contributed by atoms with Crippen molar-refractivity contribution in [2.45, 2.75) is 15.5 Å². The second-order valence-electron chi connectivity index (χ2n) is 5.08. The van der Waals surface area contributed by atoms with Crippen molar-refractivity contribution in [2.24, 2.45) is 0 Å². The maximum Gasteiger partial charge on any atom is 0.398 e. The summed E-state index contributed by atoms with van der Waals surface area (Å²) < 4.78 is 39.2. The molecule has 3 aromatic rings. The second kappa shape index (κ2) is 7.85. The van der Waals surface area contributed by atoms with Gasteiger partial charge in [0.25, 0.3) is 5.91 Å². The molecule has 1 aromatic carbocycles. The zero-order valence-electron chi connectivity index (χ0n) is 13.3. The number of benzene rings is 1. The second-order valence-corrected chi connectivity index (χ2v) is 8.13. The molecule has 0 saturated carbocycles. The molecule has 26 heavy (non-hydrogen) atoms. The van der Waals surface area contributed by atoms with Gasteiger partial charge in [-0.1, -0.05) is 23.5 Å². The highest BCUT2D eigenvalue weighted by Crippen LogP contribution is 2.31. The summed E-state index contributed by atoms with van der Waals surface area (Å²) in [5, 5.41) is 2.76. The molecular formula is C16H12F3N3OS3. The molecule has 4 nitrogen and oxygen atoms in total. The van der Waals surface area contributed by atoms with Gasteiger partial charge in [0.1, 0.15) is 5.03 Å². The Morgan fingerprint density at radius 3 is 2.85 bits per heavy atom. The molecule has 0 spiro atoms. The van der Waals surface area contributed by atoms with Crippen LogP contribution < -0.4 is 5.32 Å². The predicted octanol–water partition coefficient (Wildman–Crippen LogP) is 5.32. The average molecular weight is 415 g/mol. The van der Waals surface area contributed by atoms with Crippen molar-refractivity contribution < 1.29 is 18.0 Å². The molecule has 0 aliphatic carbocycles. The van der Waals surface area contributed by atoms with Gasteiger partial charge in [0, 0.05) is 11.9 Å². The number of aromatic nitrogens is 2. The quantitative estimate of drug-likeness (QED) is 0.572. The van der Waals surface area contributed by atoms with Gasteiger partial charge in [-0.25, -0.2) is 9.97 Å². The van der Waals surface area contributed by atoms with E-state index in [2.05, 4.69) is 15.3 Å². The first-order valence-electron chi connectivity index (χ1n) is 7.26. The zero-order valence-corrected chi connectivity index (χ0v) is 15.8. The number of thiazole rings is 1. The molecule has 0 aliphatic rings. The first-order chi connectivity index (χ1) is 12.4. The molecule has 0 bridgehead atoms. The highest BCUT2D eigenvalue weighted by Gasteiger charge is 2.28. The Morgan fingerprint density at radius 2 is 2.12 bits per heavy atom. The lowest BCUT2D eigenvalue weighted by molar-refractivity contribution is -0.105. The van der Waals surface area contributed by atoms with Gasteiger partial charge in [0.05, 0.1) is 21.5 Å². The van der Waals surface area contributed by atoms with Gasteiger partial charge in [0.15, 0.2) is 4.34 Å². The summed E-state index contributed by atoms with van der Waals surface area (Å²) >= 11 is 3.54. The molecule has 0 fully saturated rings. The Hall–Kier alpha value is -1.78. The lowest BCUT2D eigenvalue weighted by atomic mass is 10.2. The van der Waals surface area contributed by atoms with Crippen molar-refractivity contribution in [1.82, 2.24) is 9.97 Å². The molecule has 0 atom stereocenters. The van der Waals surface area contributed by atoms with Crippen LogP contribution in [0.4, 0.5) is 18.9 Å². The minimum Gasteiger partial charge on any atom is -0.322 e. The summed E-state index contributed by atoms with van der Waals surface area (Å²) in [5.41, 5.74) is 1.49. The Labute approximate surface area is 159 Å². The largest absolute Gasteiger partial charge is 0.398 e. The van der Waals surface area contributed by atoms with Crippen molar-refractivity contribution in [2.75, 3.05) is 17.3 Å². The van der Waals surface area contributed by atoms with E-state index in [0.717, 1.165) is 14.6 Å². The topological polar surface area (TPSA) is 54.9 Å². The number of alkyl halides is 3. The number of anilines is 1. The number of fused-ring (bicyclic) bond motifs is 1. The lowest BCUT2D eigenvalue weighted by Crippen LogP contribution is -2.15. The molecule has 136 valence electrons. The third kappa shape index (κ3) is 4.68. The van der Waals surface area contributed by atoms with Crippen molar-refractivity contribution in [3.05, 3.63) is 42.1 Å². The van der Waals surface area contributed by atoms with Gasteiger partial charge in [-0.2, -0.15) is 13.2 Å². The van der Waals surface area contributed by atoms with Gasteiger partial charge in [-0.15, -0.1) is 11.3 Å². The highest BCUT2D eigenvalue weighted by atomic mass is 32.2. The summed E-state index contributed by atoms with van der Waals surface area (Å²) in [7, 11) is 0. The standard InChI is InChI=1S/C16H12F3N3OS3/c1-24-15-22-11-5-4-9(7-12(11)26-15)21-13(23)10-3-2-6-20-14(10)25-8-16(17,18)19/h2-7H,8H2,1H3,(H,21,23). The minimum absolute atomic E-state index is 0.0471. The predicted molar refractivity (Wildman–Crippen MR) is 100 cm³/mol. The summed E-state index contributed by atoms with van der Waals surface area (Å²) in [6.07, 6.45) is -1.03. The Bertz CT molecular complexity index is 943. The summed E-state index contributed by atoms with van der Waals surface area (Å²) in [6.45, 7) is 0. The summed E-state index contributed by atoms with van der Waals surface area (Å²) in [6, 6.07) is 8.28. The normalized spacial score (nSPS) is 11.7. The van der Waals surface area contributed by atoms with Gasteiger partial charge in [-0.05, 0) is 36.6 Å². The van der Waals surface area contributed by atoms with E-state index >= 15 is 0 Å². The van der Waals surface area contributed by atoms with Gasteiger partial charge < -0.3 is 5.32 Å². The molecule has 0 radical (unpaired) electrons. The molecule has 0 saturated heterocycles. The van der Waals surface area contributed by atoms with E-state index in [1.165, 1.54) is 41.4 Å². The van der Waals surface area contributed by atoms with Crippen molar-refractivity contribution in [3.63, 3.8) is 0 Å². The van der Waals surface area contributed by atoms with Crippen LogP contribution in [0.25, 0.3) is 10.2 Å². The van der Waals surface area contributed by atoms with Crippen molar-refractivity contribution in [3.8, 4) is 0 Å². The molecule has 1 N–H and O–H groups in total. The van der Waals surface area contributed by atoms with E-state index in [1.807, 2.05) is 6.26 Å². The third-order valence-electron chi connectivity index (χ3n) is 3.19. The summed E-state index contributed by atoms with van der Waals surface area (Å²) in [5.74, 6) is -1.61.